The van der Waals surface area contributed by atoms with Gasteiger partial charge in [0.25, 0.3) is 5.91 Å². The minimum atomic E-state index is -0.367. The lowest BCUT2D eigenvalue weighted by Gasteiger charge is -2.13. The van der Waals surface area contributed by atoms with Crippen molar-refractivity contribution in [2.24, 2.45) is 0 Å². The van der Waals surface area contributed by atoms with Gasteiger partial charge in [-0.2, -0.15) is 5.26 Å². The Morgan fingerprint density at radius 3 is 2.71 bits per heavy atom. The van der Waals surface area contributed by atoms with E-state index in [1.54, 1.807) is 12.1 Å². The predicted molar refractivity (Wildman–Crippen MR) is 93.2 cm³/mol. The van der Waals surface area contributed by atoms with Gasteiger partial charge < -0.3 is 14.8 Å². The topological polar surface area (TPSA) is 71.3 Å². The number of nitrogens with one attached hydrogen (secondary N) is 1. The third-order valence-corrected chi connectivity index (χ3v) is 4.27. The average molecular weight is 349 g/mol. The first-order valence-electron chi connectivity index (χ1n) is 8.02. The second kappa shape index (κ2) is 8.60. The third-order valence-electron chi connectivity index (χ3n) is 3.94. The Labute approximate surface area is 147 Å². The van der Waals surface area contributed by atoms with E-state index in [1.165, 1.54) is 13.2 Å². The van der Waals surface area contributed by atoms with Crippen LogP contribution in [0.2, 0.25) is 5.02 Å². The van der Waals surface area contributed by atoms with Gasteiger partial charge in [0.15, 0.2) is 11.5 Å². The quantitative estimate of drug-likeness (QED) is 0.628. The van der Waals surface area contributed by atoms with Crippen molar-refractivity contribution in [1.29, 1.82) is 5.26 Å². The molecular weight excluding hydrogens is 328 g/mol. The van der Waals surface area contributed by atoms with Crippen LogP contribution in [0.4, 0.5) is 0 Å². The Kier molecular flexibility index (Phi) is 6.51. The number of nitriles is 1. The van der Waals surface area contributed by atoms with Crippen LogP contribution in [0.25, 0.3) is 6.08 Å². The van der Waals surface area contributed by atoms with Crippen LogP contribution in [-0.2, 0) is 4.79 Å². The molecule has 0 bridgehead atoms. The summed E-state index contributed by atoms with van der Waals surface area (Å²) < 4.78 is 10.7. The number of rotatable bonds is 6. The van der Waals surface area contributed by atoms with Crippen LogP contribution in [-0.4, -0.2) is 25.7 Å². The molecule has 1 amide bonds. The monoisotopic (exact) mass is 348 g/mol. The first-order chi connectivity index (χ1) is 11.6. The molecule has 1 aromatic carbocycles. The molecule has 1 aliphatic rings. The van der Waals surface area contributed by atoms with E-state index in [9.17, 15) is 10.1 Å². The zero-order chi connectivity index (χ0) is 17.5. The fourth-order valence-corrected chi connectivity index (χ4v) is 2.93. The van der Waals surface area contributed by atoms with E-state index in [4.69, 9.17) is 21.1 Å². The number of nitrogens with zero attached hydrogens (tertiary/aromatic N) is 1. The van der Waals surface area contributed by atoms with Gasteiger partial charge in [0.05, 0.1) is 18.7 Å². The molecule has 0 aromatic heterocycles. The summed E-state index contributed by atoms with van der Waals surface area (Å²) in [4.78, 5) is 12.3. The van der Waals surface area contributed by atoms with E-state index in [-0.39, 0.29) is 17.5 Å². The number of carbonyl (C=O) groups excluding carboxylic acids is 1. The fourth-order valence-electron chi connectivity index (χ4n) is 2.73. The summed E-state index contributed by atoms with van der Waals surface area (Å²) in [6, 6.07) is 5.38. The van der Waals surface area contributed by atoms with Crippen LogP contribution < -0.4 is 14.8 Å². The number of methoxy groups -OCH3 is 1. The standard InChI is InChI=1S/C18H21ClN2O3/c1-3-24-17-10-15(19)12(9-16(17)23-2)8-13(11-20)18(22)21-14-6-4-5-7-14/h8-10,14H,3-7H2,1-2H3,(H,21,22)/b13-8-. The number of ether oxygens (including phenoxy) is 2. The van der Waals surface area contributed by atoms with Gasteiger partial charge >= 0.3 is 0 Å². The molecule has 0 saturated heterocycles. The van der Waals surface area contributed by atoms with E-state index in [1.807, 2.05) is 13.0 Å². The largest absolute Gasteiger partial charge is 0.493 e. The lowest BCUT2D eigenvalue weighted by molar-refractivity contribution is -0.117. The first kappa shape index (κ1) is 18.2. The van der Waals surface area contributed by atoms with Crippen LogP contribution in [0.3, 0.4) is 0 Å². The molecule has 1 aliphatic carbocycles. The van der Waals surface area contributed by atoms with E-state index in [2.05, 4.69) is 5.32 Å². The number of hydrogen-bond donors (Lipinski definition) is 1. The van der Waals surface area contributed by atoms with Gasteiger partial charge in [-0.3, -0.25) is 4.79 Å². The molecule has 1 N–H and O–H groups in total. The highest BCUT2D eigenvalue weighted by molar-refractivity contribution is 6.32. The maximum atomic E-state index is 12.3. The van der Waals surface area contributed by atoms with Gasteiger partial charge in [0.1, 0.15) is 11.6 Å². The Morgan fingerprint density at radius 1 is 1.42 bits per heavy atom. The summed E-state index contributed by atoms with van der Waals surface area (Å²) in [6.07, 6.45) is 5.62. The molecule has 0 spiro atoms. The summed E-state index contributed by atoms with van der Waals surface area (Å²) in [7, 11) is 1.53. The van der Waals surface area contributed by atoms with Crippen molar-refractivity contribution in [3.8, 4) is 17.6 Å². The lowest BCUT2D eigenvalue weighted by Crippen LogP contribution is -2.33. The maximum Gasteiger partial charge on any atom is 0.262 e. The number of hydrogen-bond acceptors (Lipinski definition) is 4. The van der Waals surface area contributed by atoms with E-state index in [0.717, 1.165) is 25.7 Å². The first-order valence-corrected chi connectivity index (χ1v) is 8.39. The molecule has 0 heterocycles. The minimum absolute atomic E-state index is 0.0232. The summed E-state index contributed by atoms with van der Waals surface area (Å²) in [5.41, 5.74) is 0.560. The normalized spacial score (nSPS) is 15.0. The van der Waals surface area contributed by atoms with Gasteiger partial charge in [0.2, 0.25) is 0 Å². The van der Waals surface area contributed by atoms with Gasteiger partial charge in [-0.05, 0) is 37.5 Å². The number of carbonyl (C=O) groups is 1. The highest BCUT2D eigenvalue weighted by Gasteiger charge is 2.20. The number of benzene rings is 1. The second-order valence-corrected chi connectivity index (χ2v) is 5.99. The molecule has 0 aliphatic heterocycles. The molecule has 128 valence electrons. The van der Waals surface area contributed by atoms with Crippen molar-refractivity contribution < 1.29 is 14.3 Å². The summed E-state index contributed by atoms with van der Waals surface area (Å²) in [5.74, 6) is 0.658. The van der Waals surface area contributed by atoms with Crippen LogP contribution in [0, 0.1) is 11.3 Å². The molecule has 1 saturated carbocycles. The maximum absolute atomic E-state index is 12.3. The van der Waals surface area contributed by atoms with Crippen molar-refractivity contribution in [2.75, 3.05) is 13.7 Å². The van der Waals surface area contributed by atoms with Crippen LogP contribution >= 0.6 is 11.6 Å². The molecule has 2 rings (SSSR count). The molecule has 1 aromatic rings. The molecular formula is C18H21ClN2O3. The Hall–Kier alpha value is -2.19. The zero-order valence-corrected chi connectivity index (χ0v) is 14.7. The average Bonchev–Trinajstić information content (AvgIpc) is 3.07. The molecule has 0 unspecified atom stereocenters. The second-order valence-electron chi connectivity index (χ2n) is 5.58. The Bertz CT molecular complexity index is 674. The highest BCUT2D eigenvalue weighted by atomic mass is 35.5. The van der Waals surface area contributed by atoms with Crippen molar-refractivity contribution in [1.82, 2.24) is 5.32 Å². The van der Waals surface area contributed by atoms with Gasteiger partial charge in [-0.15, -0.1) is 0 Å². The van der Waals surface area contributed by atoms with Gasteiger partial charge in [-0.1, -0.05) is 24.4 Å². The summed E-state index contributed by atoms with van der Waals surface area (Å²) in [5, 5.41) is 12.6. The molecule has 24 heavy (non-hydrogen) atoms. The fraction of sp³-hybridized carbons (Fsp3) is 0.444. The van der Waals surface area contributed by atoms with Crippen molar-refractivity contribution >= 4 is 23.6 Å². The highest BCUT2D eigenvalue weighted by Crippen LogP contribution is 2.34. The predicted octanol–water partition coefficient (Wildman–Crippen LogP) is 3.71. The van der Waals surface area contributed by atoms with Crippen molar-refractivity contribution in [2.45, 2.75) is 38.6 Å². The van der Waals surface area contributed by atoms with E-state index < -0.39 is 0 Å². The van der Waals surface area contributed by atoms with Crippen molar-refractivity contribution in [3.05, 3.63) is 28.3 Å². The van der Waals surface area contributed by atoms with Crippen LogP contribution in [0.1, 0.15) is 38.2 Å². The van der Waals surface area contributed by atoms with E-state index in [0.29, 0.717) is 28.7 Å². The minimum Gasteiger partial charge on any atom is -0.493 e. The number of halogens is 1. The molecule has 0 radical (unpaired) electrons. The lowest BCUT2D eigenvalue weighted by atomic mass is 10.1. The number of amides is 1. The smallest absolute Gasteiger partial charge is 0.262 e. The Balaban J connectivity index is 2.26. The molecule has 5 nitrogen and oxygen atoms in total. The van der Waals surface area contributed by atoms with E-state index >= 15 is 0 Å². The van der Waals surface area contributed by atoms with Crippen molar-refractivity contribution in [3.63, 3.8) is 0 Å². The third kappa shape index (κ3) is 4.42. The van der Waals surface area contributed by atoms with Crippen LogP contribution in [0.5, 0.6) is 11.5 Å². The Morgan fingerprint density at radius 2 is 2.12 bits per heavy atom. The summed E-state index contributed by atoms with van der Waals surface area (Å²) >= 11 is 6.25. The van der Waals surface area contributed by atoms with Gasteiger partial charge in [0, 0.05) is 12.1 Å². The zero-order valence-electron chi connectivity index (χ0n) is 13.9. The molecule has 1 fully saturated rings. The summed E-state index contributed by atoms with van der Waals surface area (Å²) in [6.45, 7) is 2.34. The van der Waals surface area contributed by atoms with Crippen LogP contribution in [0.15, 0.2) is 17.7 Å². The van der Waals surface area contributed by atoms with Gasteiger partial charge in [-0.25, -0.2) is 0 Å². The SMILES string of the molecule is CCOc1cc(Cl)c(/C=C(/C#N)C(=O)NC2CCCC2)cc1OC. The molecule has 6 heteroatoms. The molecule has 0 atom stereocenters.